The van der Waals surface area contributed by atoms with Crippen LogP contribution < -0.4 is 0 Å². The maximum Gasteiger partial charge on any atom is 0.123 e. The first-order chi connectivity index (χ1) is 6.60. The van der Waals surface area contributed by atoms with Gasteiger partial charge in [0.1, 0.15) is 5.84 Å². The third-order valence-corrected chi connectivity index (χ3v) is 2.50. The van der Waals surface area contributed by atoms with Crippen molar-refractivity contribution in [2.24, 2.45) is 4.99 Å². The van der Waals surface area contributed by atoms with Crippen LogP contribution in [-0.4, -0.2) is 41.8 Å². The molecule has 78 valence electrons. The monoisotopic (exact) mass is 193 g/mol. The highest BCUT2D eigenvalue weighted by Gasteiger charge is 2.23. The van der Waals surface area contributed by atoms with Gasteiger partial charge in [0.15, 0.2) is 0 Å². The summed E-state index contributed by atoms with van der Waals surface area (Å²) in [5, 5.41) is 0. The molecule has 1 aliphatic heterocycles. The van der Waals surface area contributed by atoms with Crippen molar-refractivity contribution in [2.45, 2.75) is 19.9 Å². The van der Waals surface area contributed by atoms with E-state index in [1.165, 1.54) is 0 Å². The van der Waals surface area contributed by atoms with E-state index < -0.39 is 0 Å². The molecule has 0 unspecified atom stereocenters. The van der Waals surface area contributed by atoms with Crippen molar-refractivity contribution in [3.63, 3.8) is 0 Å². The van der Waals surface area contributed by atoms with Crippen molar-refractivity contribution in [2.75, 3.05) is 20.1 Å². The van der Waals surface area contributed by atoms with Crippen LogP contribution in [0.2, 0.25) is 0 Å². The highest BCUT2D eigenvalue weighted by Crippen LogP contribution is 2.16. The first-order valence-electron chi connectivity index (χ1n) is 4.89. The maximum atomic E-state index is 4.26. The molecule has 1 fully saturated rings. The minimum absolute atomic E-state index is 0.478. The molecule has 0 aromatic carbocycles. The molecule has 1 rings (SSSR count). The van der Waals surface area contributed by atoms with Gasteiger partial charge < -0.3 is 9.80 Å². The fraction of sp³-hybridized carbons (Fsp3) is 0.545. The first kappa shape index (κ1) is 10.8. The number of nitrogens with zero attached hydrogens (tertiary/aromatic N) is 3. The van der Waals surface area contributed by atoms with Gasteiger partial charge in [-0.25, -0.2) is 0 Å². The molecule has 0 aromatic heterocycles. The summed E-state index contributed by atoms with van der Waals surface area (Å²) in [6, 6.07) is 0.478. The minimum Gasteiger partial charge on any atom is -0.364 e. The lowest BCUT2D eigenvalue weighted by molar-refractivity contribution is 0.271. The zero-order chi connectivity index (χ0) is 10.7. The van der Waals surface area contributed by atoms with E-state index in [-0.39, 0.29) is 0 Å². The van der Waals surface area contributed by atoms with Gasteiger partial charge >= 0.3 is 0 Å². The van der Waals surface area contributed by atoms with E-state index in [2.05, 4.69) is 36.9 Å². The lowest BCUT2D eigenvalue weighted by Gasteiger charge is -2.40. The molecule has 0 atom stereocenters. The second-order valence-corrected chi connectivity index (χ2v) is 3.74. The molecule has 1 aliphatic rings. The number of amidine groups is 1. The lowest BCUT2D eigenvalue weighted by atomic mass is 10.2. The molecule has 14 heavy (non-hydrogen) atoms. The summed E-state index contributed by atoms with van der Waals surface area (Å²) in [6.45, 7) is 13.8. The molecule has 0 bridgehead atoms. The molecule has 1 saturated heterocycles. The molecule has 0 aromatic rings. The molecular weight excluding hydrogens is 174 g/mol. The van der Waals surface area contributed by atoms with E-state index in [0.29, 0.717) is 6.04 Å². The molecule has 0 N–H and O–H groups in total. The van der Waals surface area contributed by atoms with E-state index in [1.54, 1.807) is 0 Å². The van der Waals surface area contributed by atoms with Gasteiger partial charge in [0.05, 0.1) is 13.1 Å². The van der Waals surface area contributed by atoms with Gasteiger partial charge in [0, 0.05) is 18.8 Å². The average Bonchev–Trinajstić information content (AvgIpc) is 2.16. The van der Waals surface area contributed by atoms with Crippen LogP contribution in [0.5, 0.6) is 0 Å². The normalized spacial score (nSPS) is 20.9. The summed E-state index contributed by atoms with van der Waals surface area (Å²) < 4.78 is 0. The molecule has 0 amide bonds. The van der Waals surface area contributed by atoms with Crippen molar-refractivity contribution in [3.05, 3.63) is 25.1 Å². The van der Waals surface area contributed by atoms with E-state index >= 15 is 0 Å². The van der Waals surface area contributed by atoms with Crippen molar-refractivity contribution >= 4 is 5.84 Å². The van der Waals surface area contributed by atoms with Crippen LogP contribution in [0.1, 0.15) is 13.8 Å². The molecular formula is C11H19N3. The Morgan fingerprint density at radius 3 is 2.50 bits per heavy atom. The second kappa shape index (κ2) is 4.31. The van der Waals surface area contributed by atoms with Crippen LogP contribution in [-0.2, 0) is 0 Å². The van der Waals surface area contributed by atoms with Gasteiger partial charge in [-0.15, -0.1) is 0 Å². The number of hydrogen-bond donors (Lipinski definition) is 0. The number of piperazine rings is 1. The van der Waals surface area contributed by atoms with Gasteiger partial charge in [-0.1, -0.05) is 13.2 Å². The van der Waals surface area contributed by atoms with Crippen molar-refractivity contribution in [1.82, 2.24) is 9.80 Å². The van der Waals surface area contributed by atoms with E-state index in [1.807, 2.05) is 18.1 Å². The highest BCUT2D eigenvalue weighted by molar-refractivity contribution is 5.86. The standard InChI is InChI=1S/C11H19N3/c1-6-13-7-10(4)14(9(2)3)8-11(13)12-5/h6,9H,1,4,7-8H2,2-3,5H3. The summed E-state index contributed by atoms with van der Waals surface area (Å²) in [6.07, 6.45) is 1.81. The van der Waals surface area contributed by atoms with Crippen LogP contribution in [0.15, 0.2) is 30.0 Å². The summed E-state index contributed by atoms with van der Waals surface area (Å²) in [5.41, 5.74) is 1.13. The van der Waals surface area contributed by atoms with Crippen LogP contribution in [0.4, 0.5) is 0 Å². The molecule has 0 radical (unpaired) electrons. The first-order valence-corrected chi connectivity index (χ1v) is 4.89. The molecule has 0 spiro atoms. The lowest BCUT2D eigenvalue weighted by Crippen LogP contribution is -2.48. The molecule has 3 nitrogen and oxygen atoms in total. The van der Waals surface area contributed by atoms with E-state index in [4.69, 9.17) is 0 Å². The molecule has 3 heteroatoms. The summed E-state index contributed by atoms with van der Waals surface area (Å²) in [7, 11) is 1.82. The van der Waals surface area contributed by atoms with E-state index in [0.717, 1.165) is 24.6 Å². The fourth-order valence-corrected chi connectivity index (χ4v) is 1.65. The Bertz CT molecular complexity index is 266. The Morgan fingerprint density at radius 1 is 1.43 bits per heavy atom. The third-order valence-electron chi connectivity index (χ3n) is 2.50. The maximum absolute atomic E-state index is 4.26. The molecule has 1 heterocycles. The number of aliphatic imine (C=N–C) groups is 1. The Labute approximate surface area is 86.4 Å². The molecule has 0 aliphatic carbocycles. The Kier molecular flexibility index (Phi) is 3.33. The Balaban J connectivity index is 2.82. The average molecular weight is 193 g/mol. The van der Waals surface area contributed by atoms with Gasteiger partial charge in [0.25, 0.3) is 0 Å². The third kappa shape index (κ3) is 1.97. The van der Waals surface area contributed by atoms with Crippen LogP contribution in [0, 0.1) is 0 Å². The van der Waals surface area contributed by atoms with Crippen LogP contribution in [0.25, 0.3) is 0 Å². The van der Waals surface area contributed by atoms with Crippen molar-refractivity contribution in [3.8, 4) is 0 Å². The number of hydrogen-bond acceptors (Lipinski definition) is 2. The Hall–Kier alpha value is -1.25. The second-order valence-electron chi connectivity index (χ2n) is 3.74. The highest BCUT2D eigenvalue weighted by atomic mass is 15.3. The zero-order valence-electron chi connectivity index (χ0n) is 9.32. The molecule has 0 saturated carbocycles. The topological polar surface area (TPSA) is 18.8 Å². The number of rotatable bonds is 2. The van der Waals surface area contributed by atoms with Crippen LogP contribution >= 0.6 is 0 Å². The van der Waals surface area contributed by atoms with Crippen LogP contribution in [0.3, 0.4) is 0 Å². The summed E-state index contributed by atoms with van der Waals surface area (Å²) in [4.78, 5) is 8.56. The van der Waals surface area contributed by atoms with Gasteiger partial charge in [-0.05, 0) is 20.0 Å². The fourth-order valence-electron chi connectivity index (χ4n) is 1.65. The summed E-state index contributed by atoms with van der Waals surface area (Å²) in [5.74, 6) is 1.06. The SMILES string of the molecule is C=CN1CC(=C)N(C(C)C)CC1=NC. The van der Waals surface area contributed by atoms with Crippen molar-refractivity contribution in [1.29, 1.82) is 0 Å². The van der Waals surface area contributed by atoms with Gasteiger partial charge in [-0.3, -0.25) is 4.99 Å². The van der Waals surface area contributed by atoms with Gasteiger partial charge in [0.2, 0.25) is 0 Å². The minimum atomic E-state index is 0.478. The largest absolute Gasteiger partial charge is 0.364 e. The predicted molar refractivity (Wildman–Crippen MR) is 61.2 cm³/mol. The predicted octanol–water partition coefficient (Wildman–Crippen LogP) is 1.70. The quantitative estimate of drug-likeness (QED) is 0.664. The van der Waals surface area contributed by atoms with E-state index in [9.17, 15) is 0 Å². The smallest absolute Gasteiger partial charge is 0.123 e. The summed E-state index contributed by atoms with van der Waals surface area (Å²) >= 11 is 0. The Morgan fingerprint density at radius 2 is 2.07 bits per heavy atom. The zero-order valence-corrected chi connectivity index (χ0v) is 9.32. The van der Waals surface area contributed by atoms with Gasteiger partial charge in [-0.2, -0.15) is 0 Å². The van der Waals surface area contributed by atoms with Crippen molar-refractivity contribution < 1.29 is 0 Å².